The minimum atomic E-state index is -0.742. The van der Waals surface area contributed by atoms with E-state index in [1.807, 2.05) is 0 Å². The molecule has 0 saturated carbocycles. The van der Waals surface area contributed by atoms with Crippen molar-refractivity contribution < 1.29 is 19.0 Å². The van der Waals surface area contributed by atoms with Gasteiger partial charge in [-0.15, -0.1) is 0 Å². The first-order valence-corrected chi connectivity index (χ1v) is 10.0. The Morgan fingerprint density at radius 2 is 2.00 bits per heavy atom. The second-order valence-corrected chi connectivity index (χ2v) is 7.53. The van der Waals surface area contributed by atoms with Gasteiger partial charge < -0.3 is 19.7 Å². The minimum absolute atomic E-state index is 0.171. The highest BCUT2D eigenvalue weighted by molar-refractivity contribution is 6.30. The SMILES string of the molecule is Cc1cc(F)cc(-c2cc(C(=O)NCCCOc3cccc(Cl)c3)c(O)c(=O)n2C)c1. The van der Waals surface area contributed by atoms with Crippen molar-refractivity contribution >= 4 is 17.5 Å². The second-order valence-electron chi connectivity index (χ2n) is 7.09. The number of nitrogens with zero attached hydrogens (tertiary/aromatic N) is 1. The van der Waals surface area contributed by atoms with Crippen LogP contribution < -0.4 is 15.6 Å². The molecule has 0 bridgehead atoms. The van der Waals surface area contributed by atoms with Crippen LogP contribution in [0.3, 0.4) is 0 Å². The van der Waals surface area contributed by atoms with Gasteiger partial charge in [0.15, 0.2) is 5.75 Å². The topological polar surface area (TPSA) is 80.6 Å². The molecule has 0 aliphatic carbocycles. The molecule has 0 saturated heterocycles. The fourth-order valence-electron chi connectivity index (χ4n) is 3.14. The van der Waals surface area contributed by atoms with Gasteiger partial charge >= 0.3 is 0 Å². The van der Waals surface area contributed by atoms with Gasteiger partial charge in [-0.2, -0.15) is 0 Å². The molecular weight excluding hydrogens is 423 g/mol. The lowest BCUT2D eigenvalue weighted by Crippen LogP contribution is -2.29. The highest BCUT2D eigenvalue weighted by Crippen LogP contribution is 2.24. The molecule has 0 spiro atoms. The van der Waals surface area contributed by atoms with Gasteiger partial charge in [-0.3, -0.25) is 9.59 Å². The summed E-state index contributed by atoms with van der Waals surface area (Å²) in [6, 6.07) is 12.7. The number of ether oxygens (including phenoxy) is 1. The van der Waals surface area contributed by atoms with E-state index in [-0.39, 0.29) is 12.1 Å². The highest BCUT2D eigenvalue weighted by Gasteiger charge is 2.19. The Hall–Kier alpha value is -3.32. The lowest BCUT2D eigenvalue weighted by Gasteiger charge is -2.14. The summed E-state index contributed by atoms with van der Waals surface area (Å²) in [7, 11) is 1.45. The number of halogens is 2. The standard InChI is InChI=1S/C23H22ClFN2O4/c1-14-9-15(11-17(25)10-14)20-13-19(21(28)23(30)27(20)2)22(29)26-7-4-8-31-18-6-3-5-16(24)12-18/h3,5-6,9-13,28H,4,7-8H2,1-2H3,(H,26,29). The van der Waals surface area contributed by atoms with Crippen LogP contribution in [0.25, 0.3) is 11.3 Å². The van der Waals surface area contributed by atoms with Crippen LogP contribution in [-0.4, -0.2) is 28.7 Å². The maximum Gasteiger partial charge on any atom is 0.293 e. The molecule has 0 fully saturated rings. The quantitative estimate of drug-likeness (QED) is 0.538. The number of hydrogen-bond donors (Lipinski definition) is 2. The van der Waals surface area contributed by atoms with Crippen molar-refractivity contribution in [2.45, 2.75) is 13.3 Å². The predicted octanol–water partition coefficient (Wildman–Crippen LogP) is 4.06. The van der Waals surface area contributed by atoms with Crippen LogP contribution in [-0.2, 0) is 7.05 Å². The number of rotatable bonds is 7. The fourth-order valence-corrected chi connectivity index (χ4v) is 3.32. The number of nitrogens with one attached hydrogen (secondary N) is 1. The van der Waals surface area contributed by atoms with Crippen molar-refractivity contribution in [3.63, 3.8) is 0 Å². The Bertz CT molecular complexity index is 1160. The summed E-state index contributed by atoms with van der Waals surface area (Å²) in [4.78, 5) is 25.0. The molecule has 162 valence electrons. The molecule has 1 aromatic heterocycles. The van der Waals surface area contributed by atoms with Gasteiger partial charge in [0.25, 0.3) is 11.5 Å². The lowest BCUT2D eigenvalue weighted by molar-refractivity contribution is 0.0948. The third-order valence-corrected chi connectivity index (χ3v) is 4.89. The van der Waals surface area contributed by atoms with Crippen LogP contribution in [0.4, 0.5) is 4.39 Å². The van der Waals surface area contributed by atoms with Gasteiger partial charge in [0, 0.05) is 24.2 Å². The van der Waals surface area contributed by atoms with E-state index in [0.29, 0.717) is 40.6 Å². The minimum Gasteiger partial charge on any atom is -0.502 e. The second kappa shape index (κ2) is 9.66. The van der Waals surface area contributed by atoms with Crippen LogP contribution in [0, 0.1) is 12.7 Å². The number of hydrogen-bond acceptors (Lipinski definition) is 4. The van der Waals surface area contributed by atoms with Crippen molar-refractivity contribution in [2.75, 3.05) is 13.2 Å². The van der Waals surface area contributed by atoms with Crippen LogP contribution in [0.2, 0.25) is 5.02 Å². The highest BCUT2D eigenvalue weighted by atomic mass is 35.5. The Balaban J connectivity index is 1.70. The largest absolute Gasteiger partial charge is 0.502 e. The van der Waals surface area contributed by atoms with Gasteiger partial charge in [0.05, 0.1) is 17.9 Å². The van der Waals surface area contributed by atoms with Gasteiger partial charge in [-0.25, -0.2) is 4.39 Å². The molecule has 0 atom stereocenters. The molecule has 3 rings (SSSR count). The van der Waals surface area contributed by atoms with Gasteiger partial charge in [0.1, 0.15) is 11.6 Å². The molecule has 31 heavy (non-hydrogen) atoms. The van der Waals surface area contributed by atoms with Crippen molar-refractivity contribution in [3.05, 3.63) is 80.9 Å². The average Bonchev–Trinajstić information content (AvgIpc) is 2.71. The maximum atomic E-state index is 13.8. The number of aromatic nitrogens is 1. The number of carbonyl (C=O) groups is 1. The summed E-state index contributed by atoms with van der Waals surface area (Å²) < 4.78 is 20.6. The van der Waals surface area contributed by atoms with E-state index in [0.717, 1.165) is 0 Å². The van der Waals surface area contributed by atoms with E-state index in [1.165, 1.54) is 29.8 Å². The number of amides is 1. The smallest absolute Gasteiger partial charge is 0.293 e. The molecule has 1 heterocycles. The zero-order valence-electron chi connectivity index (χ0n) is 17.1. The summed E-state index contributed by atoms with van der Waals surface area (Å²) in [6.07, 6.45) is 0.500. The number of pyridine rings is 1. The first-order valence-electron chi connectivity index (χ1n) is 9.63. The van der Waals surface area contributed by atoms with Crippen LogP contribution in [0.1, 0.15) is 22.3 Å². The van der Waals surface area contributed by atoms with Gasteiger partial charge in [-0.05, 0) is 61.4 Å². The molecule has 3 aromatic rings. The van der Waals surface area contributed by atoms with Crippen molar-refractivity contribution in [2.24, 2.45) is 7.05 Å². The van der Waals surface area contributed by atoms with E-state index in [2.05, 4.69) is 5.32 Å². The fraction of sp³-hybridized carbons (Fsp3) is 0.217. The maximum absolute atomic E-state index is 13.8. The monoisotopic (exact) mass is 444 g/mol. The Morgan fingerprint density at radius 3 is 2.71 bits per heavy atom. The van der Waals surface area contributed by atoms with E-state index in [9.17, 15) is 19.1 Å². The molecule has 0 radical (unpaired) electrons. The molecule has 0 aliphatic rings. The van der Waals surface area contributed by atoms with Gasteiger partial charge in [0.2, 0.25) is 0 Å². The Kier molecular flexibility index (Phi) is 6.97. The summed E-state index contributed by atoms with van der Waals surface area (Å²) >= 11 is 5.90. The average molecular weight is 445 g/mol. The molecule has 0 unspecified atom stereocenters. The molecule has 0 aliphatic heterocycles. The summed E-state index contributed by atoms with van der Waals surface area (Å²) in [6.45, 7) is 2.34. The van der Waals surface area contributed by atoms with Crippen LogP contribution >= 0.6 is 11.6 Å². The third kappa shape index (κ3) is 5.44. The normalized spacial score (nSPS) is 10.7. The zero-order chi connectivity index (χ0) is 22.5. The van der Waals surface area contributed by atoms with Gasteiger partial charge in [-0.1, -0.05) is 17.7 Å². The molecular formula is C23H22ClFN2O4. The lowest BCUT2D eigenvalue weighted by atomic mass is 10.0. The van der Waals surface area contributed by atoms with E-state index in [1.54, 1.807) is 37.3 Å². The molecule has 1 amide bonds. The number of carbonyl (C=O) groups excluding carboxylic acids is 1. The molecule has 8 heteroatoms. The molecule has 6 nitrogen and oxygen atoms in total. The number of benzene rings is 2. The van der Waals surface area contributed by atoms with E-state index >= 15 is 0 Å². The van der Waals surface area contributed by atoms with Crippen molar-refractivity contribution in [3.8, 4) is 22.8 Å². The summed E-state index contributed by atoms with van der Waals surface area (Å²) in [5.41, 5.74) is 0.506. The van der Waals surface area contributed by atoms with Crippen LogP contribution in [0.15, 0.2) is 53.3 Å². The Morgan fingerprint density at radius 1 is 1.23 bits per heavy atom. The predicted molar refractivity (Wildman–Crippen MR) is 117 cm³/mol. The molecule has 2 N–H and O–H groups in total. The first kappa shape index (κ1) is 22.4. The van der Waals surface area contributed by atoms with Crippen molar-refractivity contribution in [1.82, 2.24) is 9.88 Å². The number of aryl methyl sites for hydroxylation is 1. The summed E-state index contributed by atoms with van der Waals surface area (Å²) in [5, 5.41) is 13.4. The third-order valence-electron chi connectivity index (χ3n) is 4.66. The van der Waals surface area contributed by atoms with Crippen LogP contribution in [0.5, 0.6) is 11.5 Å². The summed E-state index contributed by atoms with van der Waals surface area (Å²) in [5.74, 6) is -1.10. The van der Waals surface area contributed by atoms with Crippen molar-refractivity contribution in [1.29, 1.82) is 0 Å². The van der Waals surface area contributed by atoms with E-state index in [4.69, 9.17) is 16.3 Å². The first-order chi connectivity index (χ1) is 14.8. The molecule has 2 aromatic carbocycles. The van der Waals surface area contributed by atoms with E-state index < -0.39 is 23.0 Å². The Labute approximate surface area is 183 Å². The zero-order valence-corrected chi connectivity index (χ0v) is 17.9. The number of aromatic hydroxyl groups is 1.